The summed E-state index contributed by atoms with van der Waals surface area (Å²) in [5.41, 5.74) is 1.28. The van der Waals surface area contributed by atoms with E-state index in [2.05, 4.69) is 36.1 Å². The first kappa shape index (κ1) is 13.6. The van der Waals surface area contributed by atoms with Gasteiger partial charge in [0.05, 0.1) is 0 Å². The van der Waals surface area contributed by atoms with E-state index in [0.29, 0.717) is 6.04 Å². The van der Waals surface area contributed by atoms with E-state index in [1.54, 1.807) is 0 Å². The Labute approximate surface area is 120 Å². The number of nitrogens with zero attached hydrogens (tertiary/aromatic N) is 1. The molecular weight excluding hydrogens is 250 g/mol. The van der Waals surface area contributed by atoms with E-state index in [1.807, 2.05) is 13.0 Å². The first-order valence-electron chi connectivity index (χ1n) is 7.71. The van der Waals surface area contributed by atoms with Gasteiger partial charge < -0.3 is 4.74 Å². The smallest absolute Gasteiger partial charge is 0.323 e. The number of hydrogen-bond donors (Lipinski definition) is 0. The van der Waals surface area contributed by atoms with Crippen molar-refractivity contribution in [1.82, 2.24) is 4.90 Å². The minimum atomic E-state index is -0.149. The Bertz CT molecular complexity index is 473. The Morgan fingerprint density at radius 3 is 2.65 bits per heavy atom. The van der Waals surface area contributed by atoms with E-state index in [0.717, 1.165) is 12.8 Å². The van der Waals surface area contributed by atoms with Crippen molar-refractivity contribution in [1.29, 1.82) is 0 Å². The lowest BCUT2D eigenvalue weighted by Crippen LogP contribution is -2.59. The summed E-state index contributed by atoms with van der Waals surface area (Å²) in [5.74, 6) is -0.0593. The van der Waals surface area contributed by atoms with Gasteiger partial charge in [0, 0.05) is 12.1 Å². The van der Waals surface area contributed by atoms with Crippen molar-refractivity contribution in [3.63, 3.8) is 0 Å². The molecule has 0 amide bonds. The minimum Gasteiger partial charge on any atom is -0.460 e. The molecule has 0 bridgehead atoms. The van der Waals surface area contributed by atoms with Crippen LogP contribution in [0.1, 0.15) is 51.1 Å². The third-order valence-corrected chi connectivity index (χ3v) is 4.84. The van der Waals surface area contributed by atoms with Crippen LogP contribution in [0.2, 0.25) is 0 Å². The third-order valence-electron chi connectivity index (χ3n) is 4.84. The van der Waals surface area contributed by atoms with Gasteiger partial charge in [0.25, 0.3) is 0 Å². The molecule has 1 aromatic carbocycles. The van der Waals surface area contributed by atoms with Crippen LogP contribution in [-0.4, -0.2) is 29.1 Å². The van der Waals surface area contributed by atoms with Crippen LogP contribution in [0.25, 0.3) is 0 Å². The van der Waals surface area contributed by atoms with E-state index >= 15 is 0 Å². The molecule has 0 aromatic heterocycles. The lowest BCUT2D eigenvalue weighted by molar-refractivity contribution is -0.180. The molecule has 1 aliphatic carbocycles. The second-order valence-electron chi connectivity index (χ2n) is 6.04. The minimum absolute atomic E-state index is 0.0593. The molecule has 2 fully saturated rings. The molecular formula is C17H23NO2. The predicted molar refractivity (Wildman–Crippen MR) is 78.3 cm³/mol. The molecule has 20 heavy (non-hydrogen) atoms. The molecule has 4 atom stereocenters. The fourth-order valence-electron chi connectivity index (χ4n) is 3.74. The number of benzene rings is 1. The van der Waals surface area contributed by atoms with Gasteiger partial charge in [-0.05, 0) is 38.7 Å². The summed E-state index contributed by atoms with van der Waals surface area (Å²) in [6.07, 6.45) is 4.67. The summed E-state index contributed by atoms with van der Waals surface area (Å²) in [7, 11) is 0. The maximum atomic E-state index is 12.1. The number of carbonyl (C=O) groups excluding carboxylic acids is 1. The molecule has 0 radical (unpaired) electrons. The highest BCUT2D eigenvalue weighted by Gasteiger charge is 2.44. The van der Waals surface area contributed by atoms with Crippen LogP contribution in [0.3, 0.4) is 0 Å². The summed E-state index contributed by atoms with van der Waals surface area (Å²) in [6, 6.07) is 11.0. The summed E-state index contributed by atoms with van der Waals surface area (Å²) in [4.78, 5) is 14.5. The molecule has 3 nitrogen and oxygen atoms in total. The lowest BCUT2D eigenvalue weighted by atomic mass is 9.87. The van der Waals surface area contributed by atoms with E-state index in [-0.39, 0.29) is 24.2 Å². The van der Waals surface area contributed by atoms with Crippen LogP contribution in [0.15, 0.2) is 30.3 Å². The number of hydrogen-bond acceptors (Lipinski definition) is 3. The SMILES string of the molecule is CC(c1ccccc1)N1[C@@H](C)C(=O)OC2CCCC[C@@H]21. The van der Waals surface area contributed by atoms with Gasteiger partial charge in [0.1, 0.15) is 12.1 Å². The second kappa shape index (κ2) is 5.57. The number of esters is 1. The van der Waals surface area contributed by atoms with Crippen molar-refractivity contribution < 1.29 is 9.53 Å². The Hall–Kier alpha value is -1.35. The Kier molecular flexibility index (Phi) is 3.79. The number of morpholine rings is 1. The topological polar surface area (TPSA) is 29.5 Å². The van der Waals surface area contributed by atoms with Gasteiger partial charge in [-0.25, -0.2) is 0 Å². The van der Waals surface area contributed by atoms with Gasteiger partial charge >= 0.3 is 5.97 Å². The zero-order valence-electron chi connectivity index (χ0n) is 12.3. The molecule has 2 unspecified atom stereocenters. The second-order valence-corrected chi connectivity index (χ2v) is 6.04. The Morgan fingerprint density at radius 1 is 1.20 bits per heavy atom. The van der Waals surface area contributed by atoms with E-state index in [4.69, 9.17) is 4.74 Å². The first-order valence-corrected chi connectivity index (χ1v) is 7.71. The van der Waals surface area contributed by atoms with Crippen molar-refractivity contribution in [3.8, 4) is 0 Å². The van der Waals surface area contributed by atoms with Gasteiger partial charge in [0.15, 0.2) is 0 Å². The van der Waals surface area contributed by atoms with Gasteiger partial charge in [0.2, 0.25) is 0 Å². The number of ether oxygens (including phenoxy) is 1. The van der Waals surface area contributed by atoms with Gasteiger partial charge in [-0.15, -0.1) is 0 Å². The summed E-state index contributed by atoms with van der Waals surface area (Å²) in [5, 5.41) is 0. The van der Waals surface area contributed by atoms with Gasteiger partial charge in [-0.3, -0.25) is 9.69 Å². The maximum absolute atomic E-state index is 12.1. The van der Waals surface area contributed by atoms with E-state index in [1.165, 1.54) is 18.4 Å². The lowest BCUT2D eigenvalue weighted by Gasteiger charge is -2.48. The van der Waals surface area contributed by atoms with Crippen LogP contribution < -0.4 is 0 Å². The largest absolute Gasteiger partial charge is 0.460 e. The highest BCUT2D eigenvalue weighted by Crippen LogP contribution is 2.36. The Morgan fingerprint density at radius 2 is 1.90 bits per heavy atom. The quantitative estimate of drug-likeness (QED) is 0.774. The van der Waals surface area contributed by atoms with Crippen molar-refractivity contribution in [2.75, 3.05) is 0 Å². The van der Waals surface area contributed by atoms with E-state index in [9.17, 15) is 4.79 Å². The standard InChI is InChI=1S/C17H23NO2/c1-12(14-8-4-3-5-9-14)18-13(2)17(19)20-16-11-7-6-10-15(16)18/h3-5,8-9,12-13,15-16H,6-7,10-11H2,1-2H3/t12?,13-,15-,16?/m0/s1. The van der Waals surface area contributed by atoms with Crippen LogP contribution in [0.4, 0.5) is 0 Å². The highest BCUT2D eigenvalue weighted by atomic mass is 16.5. The van der Waals surface area contributed by atoms with Crippen molar-refractivity contribution >= 4 is 5.97 Å². The molecule has 0 N–H and O–H groups in total. The molecule has 3 heteroatoms. The van der Waals surface area contributed by atoms with Gasteiger partial charge in [-0.2, -0.15) is 0 Å². The molecule has 0 spiro atoms. The van der Waals surface area contributed by atoms with Crippen LogP contribution in [0.5, 0.6) is 0 Å². The highest BCUT2D eigenvalue weighted by molar-refractivity contribution is 5.76. The molecule has 1 heterocycles. The fourth-order valence-corrected chi connectivity index (χ4v) is 3.74. The van der Waals surface area contributed by atoms with Crippen molar-refractivity contribution in [2.45, 2.75) is 63.8 Å². The zero-order chi connectivity index (χ0) is 14.1. The van der Waals surface area contributed by atoms with Gasteiger partial charge in [-0.1, -0.05) is 36.8 Å². The van der Waals surface area contributed by atoms with Crippen LogP contribution >= 0.6 is 0 Å². The fraction of sp³-hybridized carbons (Fsp3) is 0.588. The molecule has 2 aliphatic rings. The number of fused-ring (bicyclic) bond motifs is 1. The average molecular weight is 273 g/mol. The van der Waals surface area contributed by atoms with Crippen molar-refractivity contribution in [3.05, 3.63) is 35.9 Å². The summed E-state index contributed by atoms with van der Waals surface area (Å²) >= 11 is 0. The monoisotopic (exact) mass is 273 g/mol. The third kappa shape index (κ3) is 2.35. The van der Waals surface area contributed by atoms with Crippen molar-refractivity contribution in [2.24, 2.45) is 0 Å². The summed E-state index contributed by atoms with van der Waals surface area (Å²) in [6.45, 7) is 4.18. The molecule has 3 rings (SSSR count). The molecule has 1 aromatic rings. The molecule has 108 valence electrons. The molecule has 1 saturated heterocycles. The average Bonchev–Trinajstić information content (AvgIpc) is 2.49. The predicted octanol–water partition coefficient (Wildman–Crippen LogP) is 3.31. The van der Waals surface area contributed by atoms with Crippen LogP contribution in [0, 0.1) is 0 Å². The zero-order valence-corrected chi connectivity index (χ0v) is 12.3. The first-order chi connectivity index (χ1) is 9.68. The van der Waals surface area contributed by atoms with Crippen LogP contribution in [-0.2, 0) is 9.53 Å². The van der Waals surface area contributed by atoms with E-state index < -0.39 is 0 Å². The molecule has 1 saturated carbocycles. The number of rotatable bonds is 2. The Balaban J connectivity index is 1.89. The maximum Gasteiger partial charge on any atom is 0.323 e. The number of carbonyl (C=O) groups is 1. The normalized spacial score (nSPS) is 32.3. The molecule has 1 aliphatic heterocycles. The summed E-state index contributed by atoms with van der Waals surface area (Å²) < 4.78 is 5.64.